The lowest BCUT2D eigenvalue weighted by molar-refractivity contribution is -0.384. The predicted octanol–water partition coefficient (Wildman–Crippen LogP) is 2.51. The molecular formula is C14H16N4O3. The summed E-state index contributed by atoms with van der Waals surface area (Å²) in [5.74, 6) is 0.433. The molecule has 0 aliphatic heterocycles. The Kier molecular flexibility index (Phi) is 4.34. The fourth-order valence-corrected chi connectivity index (χ4v) is 1.98. The summed E-state index contributed by atoms with van der Waals surface area (Å²) in [4.78, 5) is 14.7. The molecule has 0 aliphatic rings. The molecule has 0 atom stereocenters. The SMILES string of the molecule is COc1ccc([N+](=O)[O-])c(Nc2cc(C)cc(CN)c2)n1. The molecule has 0 radical (unpaired) electrons. The lowest BCUT2D eigenvalue weighted by Gasteiger charge is -2.10. The second kappa shape index (κ2) is 6.19. The summed E-state index contributed by atoms with van der Waals surface area (Å²) in [6, 6.07) is 8.46. The summed E-state index contributed by atoms with van der Waals surface area (Å²) in [7, 11) is 1.46. The number of nitrogens with zero attached hydrogens (tertiary/aromatic N) is 2. The number of benzene rings is 1. The van der Waals surface area contributed by atoms with Gasteiger partial charge in [-0.3, -0.25) is 10.1 Å². The van der Waals surface area contributed by atoms with Crippen molar-refractivity contribution in [3.8, 4) is 5.88 Å². The molecule has 1 heterocycles. The van der Waals surface area contributed by atoms with Gasteiger partial charge in [-0.05, 0) is 30.2 Å². The minimum absolute atomic E-state index is 0.119. The van der Waals surface area contributed by atoms with Crippen LogP contribution in [0.4, 0.5) is 17.2 Å². The topological polar surface area (TPSA) is 103 Å². The summed E-state index contributed by atoms with van der Waals surface area (Å²) >= 11 is 0. The van der Waals surface area contributed by atoms with Gasteiger partial charge in [0.25, 0.3) is 0 Å². The Morgan fingerprint density at radius 3 is 2.76 bits per heavy atom. The first kappa shape index (κ1) is 14.7. The Bertz CT molecular complexity index is 673. The van der Waals surface area contributed by atoms with E-state index in [1.165, 1.54) is 19.2 Å². The van der Waals surface area contributed by atoms with Crippen LogP contribution in [0.3, 0.4) is 0 Å². The van der Waals surface area contributed by atoms with E-state index in [4.69, 9.17) is 10.5 Å². The van der Waals surface area contributed by atoms with Crippen LogP contribution >= 0.6 is 0 Å². The van der Waals surface area contributed by atoms with Gasteiger partial charge in [-0.1, -0.05) is 6.07 Å². The Balaban J connectivity index is 2.42. The molecule has 1 aromatic carbocycles. The highest BCUT2D eigenvalue weighted by atomic mass is 16.6. The zero-order chi connectivity index (χ0) is 15.4. The number of ether oxygens (including phenoxy) is 1. The maximum absolute atomic E-state index is 11.1. The molecule has 110 valence electrons. The normalized spacial score (nSPS) is 10.2. The number of nitrogens with one attached hydrogen (secondary N) is 1. The molecule has 0 spiro atoms. The van der Waals surface area contributed by atoms with Crippen LogP contribution in [0.25, 0.3) is 0 Å². The molecule has 0 amide bonds. The van der Waals surface area contributed by atoms with Gasteiger partial charge in [0.05, 0.1) is 12.0 Å². The Labute approximate surface area is 121 Å². The average Bonchev–Trinajstić information content (AvgIpc) is 2.46. The number of nitro groups is 1. The van der Waals surface area contributed by atoms with E-state index < -0.39 is 4.92 Å². The second-order valence-corrected chi connectivity index (χ2v) is 4.51. The minimum atomic E-state index is -0.492. The van der Waals surface area contributed by atoms with E-state index in [0.29, 0.717) is 18.1 Å². The molecule has 2 aromatic rings. The summed E-state index contributed by atoms with van der Waals surface area (Å²) < 4.78 is 5.00. The van der Waals surface area contributed by atoms with Crippen molar-refractivity contribution in [1.82, 2.24) is 4.98 Å². The monoisotopic (exact) mass is 288 g/mol. The van der Waals surface area contributed by atoms with Gasteiger partial charge < -0.3 is 15.8 Å². The lowest BCUT2D eigenvalue weighted by atomic mass is 10.1. The van der Waals surface area contributed by atoms with Crippen molar-refractivity contribution in [2.45, 2.75) is 13.5 Å². The highest BCUT2D eigenvalue weighted by Crippen LogP contribution is 2.28. The Morgan fingerprint density at radius 1 is 1.38 bits per heavy atom. The minimum Gasteiger partial charge on any atom is -0.481 e. The van der Waals surface area contributed by atoms with E-state index >= 15 is 0 Å². The Hall–Kier alpha value is -2.67. The van der Waals surface area contributed by atoms with Crippen molar-refractivity contribution in [2.24, 2.45) is 5.73 Å². The number of methoxy groups -OCH3 is 1. The van der Waals surface area contributed by atoms with E-state index in [0.717, 1.165) is 11.1 Å². The second-order valence-electron chi connectivity index (χ2n) is 4.51. The molecule has 0 aliphatic carbocycles. The third-order valence-electron chi connectivity index (χ3n) is 2.89. The van der Waals surface area contributed by atoms with Gasteiger partial charge >= 0.3 is 5.69 Å². The third-order valence-corrected chi connectivity index (χ3v) is 2.89. The van der Waals surface area contributed by atoms with Crippen molar-refractivity contribution >= 4 is 17.2 Å². The molecule has 1 aromatic heterocycles. The number of rotatable bonds is 5. The lowest BCUT2D eigenvalue weighted by Crippen LogP contribution is -2.03. The van der Waals surface area contributed by atoms with Gasteiger partial charge in [-0.2, -0.15) is 4.98 Å². The van der Waals surface area contributed by atoms with Crippen LogP contribution in [0.15, 0.2) is 30.3 Å². The maximum atomic E-state index is 11.1. The quantitative estimate of drug-likeness (QED) is 0.647. The van der Waals surface area contributed by atoms with Crippen LogP contribution in [0, 0.1) is 17.0 Å². The molecule has 21 heavy (non-hydrogen) atoms. The van der Waals surface area contributed by atoms with Crippen LogP contribution in [0.5, 0.6) is 5.88 Å². The average molecular weight is 288 g/mol. The molecule has 7 nitrogen and oxygen atoms in total. The van der Waals surface area contributed by atoms with Crippen molar-refractivity contribution in [3.05, 3.63) is 51.6 Å². The van der Waals surface area contributed by atoms with Gasteiger partial charge in [0.2, 0.25) is 11.7 Å². The van der Waals surface area contributed by atoms with Crippen molar-refractivity contribution in [1.29, 1.82) is 0 Å². The first-order valence-corrected chi connectivity index (χ1v) is 6.30. The summed E-state index contributed by atoms with van der Waals surface area (Å²) in [6.07, 6.45) is 0. The third kappa shape index (κ3) is 3.46. The number of pyridine rings is 1. The van der Waals surface area contributed by atoms with Crippen LogP contribution in [-0.2, 0) is 6.54 Å². The van der Waals surface area contributed by atoms with Gasteiger partial charge in [-0.15, -0.1) is 0 Å². The number of hydrogen-bond acceptors (Lipinski definition) is 6. The van der Waals surface area contributed by atoms with E-state index in [-0.39, 0.29) is 11.5 Å². The van der Waals surface area contributed by atoms with E-state index in [2.05, 4.69) is 10.3 Å². The smallest absolute Gasteiger partial charge is 0.311 e. The molecule has 0 unspecified atom stereocenters. The number of hydrogen-bond donors (Lipinski definition) is 2. The largest absolute Gasteiger partial charge is 0.481 e. The van der Waals surface area contributed by atoms with Crippen molar-refractivity contribution in [2.75, 3.05) is 12.4 Å². The predicted molar refractivity (Wildman–Crippen MR) is 79.8 cm³/mol. The molecule has 7 heteroatoms. The number of aryl methyl sites for hydroxylation is 1. The summed E-state index contributed by atoms with van der Waals surface area (Å²) in [5.41, 5.74) is 8.15. The van der Waals surface area contributed by atoms with Crippen molar-refractivity contribution in [3.63, 3.8) is 0 Å². The van der Waals surface area contributed by atoms with E-state index in [1.807, 2.05) is 25.1 Å². The Morgan fingerprint density at radius 2 is 2.14 bits per heavy atom. The van der Waals surface area contributed by atoms with Crippen LogP contribution < -0.4 is 15.8 Å². The van der Waals surface area contributed by atoms with Gasteiger partial charge in [-0.25, -0.2) is 0 Å². The van der Waals surface area contributed by atoms with Gasteiger partial charge in [0, 0.05) is 24.4 Å². The zero-order valence-corrected chi connectivity index (χ0v) is 11.8. The van der Waals surface area contributed by atoms with Crippen LogP contribution in [0.1, 0.15) is 11.1 Å². The molecular weight excluding hydrogens is 272 g/mol. The highest BCUT2D eigenvalue weighted by Gasteiger charge is 2.16. The molecule has 3 N–H and O–H groups in total. The highest BCUT2D eigenvalue weighted by molar-refractivity contribution is 5.67. The van der Waals surface area contributed by atoms with E-state index in [9.17, 15) is 10.1 Å². The van der Waals surface area contributed by atoms with Crippen LogP contribution in [0.2, 0.25) is 0 Å². The first-order valence-electron chi connectivity index (χ1n) is 6.30. The fourth-order valence-electron chi connectivity index (χ4n) is 1.98. The molecule has 0 bridgehead atoms. The number of aromatic nitrogens is 1. The number of nitrogens with two attached hydrogens (primary N) is 1. The standard InChI is InChI=1S/C14H16N4O3/c1-9-5-10(8-15)7-11(6-9)16-14-12(18(19)20)3-4-13(17-14)21-2/h3-7H,8,15H2,1-2H3,(H,16,17). The first-order chi connectivity index (χ1) is 10.0. The van der Waals surface area contributed by atoms with Crippen LogP contribution in [-0.4, -0.2) is 17.0 Å². The molecule has 0 saturated carbocycles. The van der Waals surface area contributed by atoms with Crippen molar-refractivity contribution < 1.29 is 9.66 Å². The van der Waals surface area contributed by atoms with Gasteiger partial charge in [0.15, 0.2) is 0 Å². The molecule has 2 rings (SSSR count). The molecule has 0 fully saturated rings. The fraction of sp³-hybridized carbons (Fsp3) is 0.214. The number of anilines is 2. The molecule has 0 saturated heterocycles. The van der Waals surface area contributed by atoms with Gasteiger partial charge in [0.1, 0.15) is 0 Å². The summed E-state index contributed by atoms with van der Waals surface area (Å²) in [6.45, 7) is 2.32. The zero-order valence-electron chi connectivity index (χ0n) is 11.8. The maximum Gasteiger partial charge on any atom is 0.311 e. The summed E-state index contributed by atoms with van der Waals surface area (Å²) in [5, 5.41) is 14.0. The van der Waals surface area contributed by atoms with E-state index in [1.54, 1.807) is 0 Å².